The van der Waals surface area contributed by atoms with Gasteiger partial charge >= 0.3 is 0 Å². The van der Waals surface area contributed by atoms with Gasteiger partial charge in [0.2, 0.25) is 0 Å². The van der Waals surface area contributed by atoms with Crippen LogP contribution in [0.2, 0.25) is 0 Å². The Bertz CT molecular complexity index is 794. The van der Waals surface area contributed by atoms with Gasteiger partial charge in [-0.15, -0.1) is 24.0 Å². The molecule has 7 heteroatoms. The molecule has 0 aromatic heterocycles. The third kappa shape index (κ3) is 7.40. The molecule has 1 heterocycles. The van der Waals surface area contributed by atoms with Crippen LogP contribution in [0.15, 0.2) is 47.5 Å². The molecule has 3 rings (SSSR count). The van der Waals surface area contributed by atoms with E-state index in [2.05, 4.69) is 39.9 Å². The van der Waals surface area contributed by atoms with E-state index in [0.29, 0.717) is 32.3 Å². The number of halogens is 1. The molecule has 0 fully saturated rings. The first-order valence-corrected chi connectivity index (χ1v) is 9.71. The first-order chi connectivity index (χ1) is 13.6. The van der Waals surface area contributed by atoms with Crippen molar-refractivity contribution >= 4 is 35.6 Å². The maximum absolute atomic E-state index is 5.74. The number of nitrogens with zero attached hydrogens (tertiary/aromatic N) is 1. The molecule has 0 amide bonds. The average molecular weight is 511 g/mol. The van der Waals surface area contributed by atoms with Gasteiger partial charge in [-0.3, -0.25) is 4.99 Å². The number of aliphatic imine (C=N–C) groups is 1. The van der Waals surface area contributed by atoms with Crippen molar-refractivity contribution in [2.45, 2.75) is 39.5 Å². The second-order valence-electron chi connectivity index (χ2n) is 6.94. The number of nitrogens with one attached hydrogen (secondary N) is 2. The molecule has 0 atom stereocenters. The molecule has 0 aliphatic carbocycles. The molecule has 1 aliphatic heterocycles. The number of guanidine groups is 1. The summed E-state index contributed by atoms with van der Waals surface area (Å²) in [6.07, 6.45) is 1.13. The minimum Gasteiger partial charge on any atom is -0.490 e. The summed E-state index contributed by atoms with van der Waals surface area (Å²) in [6, 6.07) is 14.2. The normalized spacial score (nSPS) is 13.4. The van der Waals surface area contributed by atoms with Crippen molar-refractivity contribution in [2.75, 3.05) is 25.6 Å². The summed E-state index contributed by atoms with van der Waals surface area (Å²) in [7, 11) is 1.75. The van der Waals surface area contributed by atoms with Crippen molar-refractivity contribution in [2.24, 2.45) is 4.99 Å². The topological polar surface area (TPSA) is 64.1 Å². The van der Waals surface area contributed by atoms with Crippen molar-refractivity contribution in [1.29, 1.82) is 0 Å². The zero-order valence-corrected chi connectivity index (χ0v) is 19.6. The van der Waals surface area contributed by atoms with Crippen molar-refractivity contribution in [3.05, 3.63) is 53.6 Å². The van der Waals surface area contributed by atoms with Crippen LogP contribution < -0.4 is 20.1 Å². The number of anilines is 1. The molecular weight excluding hydrogens is 481 g/mol. The molecule has 2 aromatic rings. The highest BCUT2D eigenvalue weighted by Gasteiger charge is 2.11. The maximum Gasteiger partial charge on any atom is 0.195 e. The summed E-state index contributed by atoms with van der Waals surface area (Å²) in [4.78, 5) is 4.30. The lowest BCUT2D eigenvalue weighted by atomic mass is 10.1. The lowest BCUT2D eigenvalue weighted by Gasteiger charge is -2.14. The fourth-order valence-corrected chi connectivity index (χ4v) is 2.76. The van der Waals surface area contributed by atoms with Crippen LogP contribution in [-0.2, 0) is 17.9 Å². The van der Waals surface area contributed by atoms with E-state index in [4.69, 9.17) is 14.2 Å². The first kappa shape index (κ1) is 23.3. The van der Waals surface area contributed by atoms with E-state index in [1.54, 1.807) is 7.05 Å². The summed E-state index contributed by atoms with van der Waals surface area (Å²) < 4.78 is 17.0. The molecule has 0 spiro atoms. The third-order valence-corrected chi connectivity index (χ3v) is 4.30. The van der Waals surface area contributed by atoms with Crippen LogP contribution in [0.1, 0.15) is 31.4 Å². The second kappa shape index (κ2) is 11.9. The van der Waals surface area contributed by atoms with Crippen LogP contribution in [0.5, 0.6) is 11.5 Å². The van der Waals surface area contributed by atoms with E-state index >= 15 is 0 Å². The average Bonchev–Trinajstić information content (AvgIpc) is 2.95. The van der Waals surface area contributed by atoms with Crippen LogP contribution in [0, 0.1) is 0 Å². The Kier molecular flexibility index (Phi) is 9.53. The number of ether oxygens (including phenoxy) is 3. The molecular formula is C22H30IN3O3. The van der Waals surface area contributed by atoms with Gasteiger partial charge in [0.15, 0.2) is 17.5 Å². The number of fused-ring (bicyclic) bond motifs is 1. The van der Waals surface area contributed by atoms with E-state index in [1.807, 2.05) is 32.0 Å². The summed E-state index contributed by atoms with van der Waals surface area (Å²) >= 11 is 0. The first-order valence-electron chi connectivity index (χ1n) is 9.71. The highest BCUT2D eigenvalue weighted by atomic mass is 127. The summed E-state index contributed by atoms with van der Waals surface area (Å²) in [5.74, 6) is 2.24. The monoisotopic (exact) mass is 511 g/mol. The smallest absolute Gasteiger partial charge is 0.195 e. The zero-order chi connectivity index (χ0) is 19.8. The van der Waals surface area contributed by atoms with Crippen LogP contribution in [0.25, 0.3) is 0 Å². The molecule has 1 aliphatic rings. The summed E-state index contributed by atoms with van der Waals surface area (Å²) in [6.45, 7) is 6.75. The maximum atomic E-state index is 5.74. The van der Waals surface area contributed by atoms with E-state index in [-0.39, 0.29) is 30.1 Å². The van der Waals surface area contributed by atoms with Gasteiger partial charge in [-0.25, -0.2) is 0 Å². The molecule has 2 aromatic carbocycles. The van der Waals surface area contributed by atoms with E-state index in [0.717, 1.165) is 23.6 Å². The Hall–Kier alpha value is -2.00. The van der Waals surface area contributed by atoms with Gasteiger partial charge < -0.3 is 24.8 Å². The SMILES string of the molecule is CN=C(NCc1ccc(COC(C)C)cc1)Nc1ccc2c(c1)OCCCO2.I. The Labute approximate surface area is 190 Å². The van der Waals surface area contributed by atoms with Gasteiger partial charge in [-0.05, 0) is 37.1 Å². The predicted octanol–water partition coefficient (Wildman–Crippen LogP) is 4.58. The lowest BCUT2D eigenvalue weighted by Crippen LogP contribution is -2.30. The molecule has 29 heavy (non-hydrogen) atoms. The van der Waals surface area contributed by atoms with Gasteiger partial charge in [0.1, 0.15) is 0 Å². The van der Waals surface area contributed by atoms with Gasteiger partial charge in [0.05, 0.1) is 25.9 Å². The highest BCUT2D eigenvalue weighted by molar-refractivity contribution is 14.0. The third-order valence-electron chi connectivity index (χ3n) is 4.30. The fourth-order valence-electron chi connectivity index (χ4n) is 2.76. The number of hydrogen-bond donors (Lipinski definition) is 2. The molecule has 6 nitrogen and oxygen atoms in total. The molecule has 0 saturated heterocycles. The summed E-state index contributed by atoms with van der Waals surface area (Å²) in [5.41, 5.74) is 3.25. The van der Waals surface area contributed by atoms with Crippen molar-refractivity contribution in [1.82, 2.24) is 5.32 Å². The van der Waals surface area contributed by atoms with E-state index < -0.39 is 0 Å². The molecule has 158 valence electrons. The molecule has 0 saturated carbocycles. The van der Waals surface area contributed by atoms with Gasteiger partial charge in [0.25, 0.3) is 0 Å². The standard InChI is InChI=1S/C22H29N3O3.HI/c1-16(2)28-15-18-7-5-17(6-8-18)14-24-22(23-3)25-19-9-10-20-21(13-19)27-12-4-11-26-20;/h5-10,13,16H,4,11-12,14-15H2,1-3H3,(H2,23,24,25);1H. The number of benzene rings is 2. The van der Waals surface area contributed by atoms with Crippen LogP contribution in [0.3, 0.4) is 0 Å². The Morgan fingerprint density at radius 1 is 1.03 bits per heavy atom. The Morgan fingerprint density at radius 2 is 1.72 bits per heavy atom. The number of rotatable bonds is 6. The van der Waals surface area contributed by atoms with Crippen LogP contribution >= 0.6 is 24.0 Å². The predicted molar refractivity (Wildman–Crippen MR) is 128 cm³/mol. The van der Waals surface area contributed by atoms with Crippen molar-refractivity contribution < 1.29 is 14.2 Å². The lowest BCUT2D eigenvalue weighted by molar-refractivity contribution is 0.0657. The molecule has 0 unspecified atom stereocenters. The highest BCUT2D eigenvalue weighted by Crippen LogP contribution is 2.32. The minimum atomic E-state index is 0. The number of hydrogen-bond acceptors (Lipinski definition) is 4. The minimum absolute atomic E-state index is 0. The van der Waals surface area contributed by atoms with Crippen molar-refractivity contribution in [3.63, 3.8) is 0 Å². The largest absolute Gasteiger partial charge is 0.490 e. The summed E-state index contributed by atoms with van der Waals surface area (Å²) in [5, 5.41) is 6.63. The molecule has 2 N–H and O–H groups in total. The Balaban J connectivity index is 0.00000300. The molecule has 0 bridgehead atoms. The van der Waals surface area contributed by atoms with Gasteiger partial charge in [-0.2, -0.15) is 0 Å². The van der Waals surface area contributed by atoms with Crippen molar-refractivity contribution in [3.8, 4) is 11.5 Å². The molecule has 0 radical (unpaired) electrons. The second-order valence-corrected chi connectivity index (χ2v) is 6.94. The van der Waals surface area contributed by atoms with Gasteiger partial charge in [-0.1, -0.05) is 24.3 Å². The fraction of sp³-hybridized carbons (Fsp3) is 0.409. The van der Waals surface area contributed by atoms with Gasteiger partial charge in [0, 0.05) is 31.8 Å². The van der Waals surface area contributed by atoms with Crippen LogP contribution in [0.4, 0.5) is 5.69 Å². The van der Waals surface area contributed by atoms with E-state index in [9.17, 15) is 0 Å². The van der Waals surface area contributed by atoms with E-state index in [1.165, 1.54) is 11.1 Å². The quantitative estimate of drug-likeness (QED) is 0.338. The Morgan fingerprint density at radius 3 is 2.41 bits per heavy atom. The zero-order valence-electron chi connectivity index (χ0n) is 17.2. The van der Waals surface area contributed by atoms with Crippen LogP contribution in [-0.4, -0.2) is 32.3 Å².